The Morgan fingerprint density at radius 1 is 0.900 bits per heavy atom. The molecule has 2 aromatic carbocycles. The van der Waals surface area contributed by atoms with E-state index in [-0.39, 0.29) is 11.7 Å². The fraction of sp³-hybridized carbons (Fsp3) is 0.304. The largest absolute Gasteiger partial charge is 0.497 e. The van der Waals surface area contributed by atoms with Crippen molar-refractivity contribution < 1.29 is 23.7 Å². The van der Waals surface area contributed by atoms with E-state index in [1.54, 1.807) is 34.6 Å². The molecule has 0 saturated heterocycles. The third-order valence-electron chi connectivity index (χ3n) is 5.52. The number of hydrogen-bond acceptors (Lipinski definition) is 6. The lowest BCUT2D eigenvalue weighted by Crippen LogP contribution is -2.20. The molecule has 0 aliphatic heterocycles. The second-order valence-corrected chi connectivity index (χ2v) is 7.10. The van der Waals surface area contributed by atoms with Gasteiger partial charge in [-0.25, -0.2) is 4.68 Å². The minimum atomic E-state index is -0.0209. The van der Waals surface area contributed by atoms with Crippen LogP contribution in [0.3, 0.4) is 0 Å². The monoisotopic (exact) mass is 408 g/mol. The van der Waals surface area contributed by atoms with Gasteiger partial charge in [-0.3, -0.25) is 4.79 Å². The first-order valence-corrected chi connectivity index (χ1v) is 9.64. The summed E-state index contributed by atoms with van der Waals surface area (Å²) in [5, 5.41) is 4.48. The molecule has 1 aliphatic carbocycles. The summed E-state index contributed by atoms with van der Waals surface area (Å²) in [5.74, 6) is 2.52. The molecule has 0 spiro atoms. The third-order valence-corrected chi connectivity index (χ3v) is 5.52. The molecule has 0 N–H and O–H groups in total. The first kappa shape index (κ1) is 19.8. The van der Waals surface area contributed by atoms with Gasteiger partial charge >= 0.3 is 0 Å². The molecule has 1 atom stereocenters. The van der Waals surface area contributed by atoms with Crippen molar-refractivity contribution in [3.8, 4) is 28.7 Å². The van der Waals surface area contributed by atoms with Gasteiger partial charge in [-0.2, -0.15) is 5.10 Å². The predicted octanol–water partition coefficient (Wildman–Crippen LogP) is 3.82. The Bertz CT molecular complexity index is 1050. The summed E-state index contributed by atoms with van der Waals surface area (Å²) in [7, 11) is 6.38. The van der Waals surface area contributed by atoms with E-state index in [0.29, 0.717) is 35.7 Å². The second-order valence-electron chi connectivity index (χ2n) is 7.10. The summed E-state index contributed by atoms with van der Waals surface area (Å²) in [6, 6.07) is 11.4. The zero-order valence-electron chi connectivity index (χ0n) is 17.5. The highest BCUT2D eigenvalue weighted by molar-refractivity contribution is 5.98. The first-order valence-electron chi connectivity index (χ1n) is 9.64. The number of fused-ring (bicyclic) bond motifs is 1. The maximum atomic E-state index is 12.9. The summed E-state index contributed by atoms with van der Waals surface area (Å²) in [5.41, 5.74) is 3.42. The van der Waals surface area contributed by atoms with Crippen LogP contribution in [-0.4, -0.2) is 44.0 Å². The minimum Gasteiger partial charge on any atom is -0.497 e. The number of aromatic nitrogens is 2. The average molecular weight is 408 g/mol. The van der Waals surface area contributed by atoms with Crippen LogP contribution in [0.4, 0.5) is 0 Å². The van der Waals surface area contributed by atoms with Crippen LogP contribution in [0, 0.1) is 0 Å². The molecule has 1 aromatic heterocycles. The van der Waals surface area contributed by atoms with E-state index in [0.717, 1.165) is 22.7 Å². The first-order chi connectivity index (χ1) is 14.6. The van der Waals surface area contributed by atoms with Gasteiger partial charge in [-0.15, -0.1) is 0 Å². The van der Waals surface area contributed by atoms with Gasteiger partial charge < -0.3 is 18.9 Å². The molecule has 156 valence electrons. The van der Waals surface area contributed by atoms with Gasteiger partial charge in [-0.05, 0) is 54.3 Å². The Labute approximate surface area is 175 Å². The maximum absolute atomic E-state index is 12.9. The van der Waals surface area contributed by atoms with Crippen LogP contribution in [0.1, 0.15) is 34.0 Å². The fourth-order valence-corrected chi connectivity index (χ4v) is 3.96. The van der Waals surface area contributed by atoms with Gasteiger partial charge in [-0.1, -0.05) is 0 Å². The molecular weight excluding hydrogens is 384 g/mol. The minimum absolute atomic E-state index is 0.0209. The summed E-state index contributed by atoms with van der Waals surface area (Å²) in [4.78, 5) is 12.9. The smallest absolute Gasteiger partial charge is 0.203 e. The predicted molar refractivity (Wildman–Crippen MR) is 112 cm³/mol. The Kier molecular flexibility index (Phi) is 5.35. The number of ketones is 1. The maximum Gasteiger partial charge on any atom is 0.203 e. The second kappa shape index (κ2) is 8.10. The number of Topliss-reactive ketones (excluding diaryl/α,β-unsaturated/α-hetero) is 1. The lowest BCUT2D eigenvalue weighted by Gasteiger charge is -2.24. The zero-order chi connectivity index (χ0) is 21.3. The van der Waals surface area contributed by atoms with Gasteiger partial charge in [0.2, 0.25) is 5.75 Å². The molecule has 0 radical (unpaired) electrons. The summed E-state index contributed by atoms with van der Waals surface area (Å²) >= 11 is 0. The number of benzene rings is 2. The highest BCUT2D eigenvalue weighted by Crippen LogP contribution is 2.43. The quantitative estimate of drug-likeness (QED) is 0.618. The molecule has 1 aliphatic rings. The standard InChI is InChI=1S/C23H24N2O5/c1-27-17-7-5-16(6-8-17)25-19-9-14(10-20(26)18(19)13-24-25)15-11-21(28-2)23(30-4)22(12-15)29-3/h5-8,11-14H,9-10H2,1-4H3/t14-/m1/s1. The SMILES string of the molecule is COc1ccc(-n2ncc3c2C[C@@H](c2cc(OC)c(OC)c(OC)c2)CC3=O)cc1. The topological polar surface area (TPSA) is 71.8 Å². The molecular formula is C23H24N2O5. The molecule has 7 nitrogen and oxygen atoms in total. The van der Waals surface area contributed by atoms with Crippen molar-refractivity contribution in [2.24, 2.45) is 0 Å². The molecule has 1 heterocycles. The molecule has 7 heteroatoms. The van der Waals surface area contributed by atoms with E-state index >= 15 is 0 Å². The van der Waals surface area contributed by atoms with Crippen molar-refractivity contribution in [3.63, 3.8) is 0 Å². The van der Waals surface area contributed by atoms with Crippen molar-refractivity contribution in [1.29, 1.82) is 0 Å². The lowest BCUT2D eigenvalue weighted by atomic mass is 9.82. The molecule has 0 amide bonds. The Morgan fingerprint density at radius 2 is 1.57 bits per heavy atom. The number of hydrogen-bond donors (Lipinski definition) is 0. The molecule has 3 aromatic rings. The van der Waals surface area contributed by atoms with E-state index in [1.807, 2.05) is 41.1 Å². The molecule has 4 rings (SSSR count). The molecule has 0 fully saturated rings. The number of carbonyl (C=O) groups excluding carboxylic acids is 1. The lowest BCUT2D eigenvalue weighted by molar-refractivity contribution is 0.0963. The summed E-state index contributed by atoms with van der Waals surface area (Å²) in [6.07, 6.45) is 2.74. The summed E-state index contributed by atoms with van der Waals surface area (Å²) in [6.45, 7) is 0. The van der Waals surface area contributed by atoms with E-state index in [9.17, 15) is 4.79 Å². The molecule has 30 heavy (non-hydrogen) atoms. The number of nitrogens with zero attached hydrogens (tertiary/aromatic N) is 2. The van der Waals surface area contributed by atoms with Gasteiger partial charge in [0.25, 0.3) is 0 Å². The van der Waals surface area contributed by atoms with Crippen LogP contribution in [0.5, 0.6) is 23.0 Å². The van der Waals surface area contributed by atoms with Crippen molar-refractivity contribution in [1.82, 2.24) is 9.78 Å². The van der Waals surface area contributed by atoms with E-state index in [1.165, 1.54) is 0 Å². The van der Waals surface area contributed by atoms with Crippen molar-refractivity contribution >= 4 is 5.78 Å². The zero-order valence-corrected chi connectivity index (χ0v) is 17.5. The number of rotatable bonds is 6. The number of ether oxygens (including phenoxy) is 4. The van der Waals surface area contributed by atoms with Crippen LogP contribution < -0.4 is 18.9 Å². The Balaban J connectivity index is 1.73. The molecule has 0 saturated carbocycles. The van der Waals surface area contributed by atoms with Crippen molar-refractivity contribution in [2.45, 2.75) is 18.8 Å². The molecule has 0 bridgehead atoms. The summed E-state index contributed by atoms with van der Waals surface area (Å²) < 4.78 is 23.5. The van der Waals surface area contributed by atoms with Crippen LogP contribution in [0.15, 0.2) is 42.6 Å². The van der Waals surface area contributed by atoms with E-state index in [4.69, 9.17) is 18.9 Å². The average Bonchev–Trinajstić information content (AvgIpc) is 3.22. The van der Waals surface area contributed by atoms with Gasteiger partial charge in [0, 0.05) is 6.42 Å². The Morgan fingerprint density at radius 3 is 2.13 bits per heavy atom. The van der Waals surface area contributed by atoms with Crippen LogP contribution >= 0.6 is 0 Å². The fourth-order valence-electron chi connectivity index (χ4n) is 3.96. The highest BCUT2D eigenvalue weighted by atomic mass is 16.5. The number of carbonyl (C=O) groups is 1. The number of methoxy groups -OCH3 is 4. The Hall–Kier alpha value is -3.48. The van der Waals surface area contributed by atoms with E-state index in [2.05, 4.69) is 5.10 Å². The van der Waals surface area contributed by atoms with Gasteiger partial charge in [0.05, 0.1) is 51.6 Å². The van der Waals surface area contributed by atoms with E-state index < -0.39 is 0 Å². The normalized spacial score (nSPS) is 15.5. The third kappa shape index (κ3) is 3.36. The van der Waals surface area contributed by atoms with Gasteiger partial charge in [0.1, 0.15) is 5.75 Å². The van der Waals surface area contributed by atoms with Crippen LogP contribution in [0.25, 0.3) is 5.69 Å². The van der Waals surface area contributed by atoms with Crippen LogP contribution in [-0.2, 0) is 6.42 Å². The van der Waals surface area contributed by atoms with Gasteiger partial charge in [0.15, 0.2) is 17.3 Å². The highest BCUT2D eigenvalue weighted by Gasteiger charge is 2.31. The molecule has 0 unspecified atom stereocenters. The van der Waals surface area contributed by atoms with Crippen LogP contribution in [0.2, 0.25) is 0 Å². The van der Waals surface area contributed by atoms with Crippen molar-refractivity contribution in [2.75, 3.05) is 28.4 Å². The van der Waals surface area contributed by atoms with Crippen molar-refractivity contribution in [3.05, 3.63) is 59.4 Å².